The molecule has 0 radical (unpaired) electrons. The average Bonchev–Trinajstić information content (AvgIpc) is 3.22. The molecular weight excluding hydrogens is 292 g/mol. The Kier molecular flexibility index (Phi) is 4.06. The topological polar surface area (TPSA) is 44.8 Å². The summed E-state index contributed by atoms with van der Waals surface area (Å²) in [5.74, 6) is 0.517. The Balaban J connectivity index is 1.76. The number of hydrogen-bond donors (Lipinski definition) is 0. The van der Waals surface area contributed by atoms with E-state index in [1.165, 1.54) is 48.8 Å². The van der Waals surface area contributed by atoms with E-state index in [-0.39, 0.29) is 5.97 Å². The standard InChI is InChI=1S/C19H26O4/c1-2-23-18(20)19-8-14(13-6-4-3-5-7-13)15-9-21-10-16(15)17(19)11-22-12-19/h13H,2-12H2,1H3. The van der Waals surface area contributed by atoms with Gasteiger partial charge in [0, 0.05) is 0 Å². The fraction of sp³-hybridized carbons (Fsp3) is 0.737. The van der Waals surface area contributed by atoms with Crippen molar-refractivity contribution in [2.75, 3.05) is 33.0 Å². The predicted molar refractivity (Wildman–Crippen MR) is 85.9 cm³/mol. The summed E-state index contributed by atoms with van der Waals surface area (Å²) in [6, 6.07) is 0. The van der Waals surface area contributed by atoms with E-state index in [1.807, 2.05) is 6.92 Å². The zero-order chi connectivity index (χ0) is 15.9. The van der Waals surface area contributed by atoms with Gasteiger partial charge in [0.1, 0.15) is 5.41 Å². The van der Waals surface area contributed by atoms with E-state index in [2.05, 4.69) is 0 Å². The van der Waals surface area contributed by atoms with Gasteiger partial charge in [-0.15, -0.1) is 0 Å². The molecule has 1 saturated carbocycles. The third-order valence-corrected chi connectivity index (χ3v) is 6.04. The highest BCUT2D eigenvalue weighted by Crippen LogP contribution is 2.52. The smallest absolute Gasteiger partial charge is 0.319 e. The molecule has 2 aliphatic carbocycles. The largest absolute Gasteiger partial charge is 0.465 e. The fourth-order valence-electron chi connectivity index (χ4n) is 4.87. The molecule has 3 fully saturated rings. The van der Waals surface area contributed by atoms with Crippen molar-refractivity contribution in [3.8, 4) is 0 Å². The van der Waals surface area contributed by atoms with Gasteiger partial charge in [0.05, 0.1) is 33.0 Å². The lowest BCUT2D eigenvalue weighted by Gasteiger charge is -2.37. The molecule has 0 amide bonds. The third-order valence-electron chi connectivity index (χ3n) is 6.04. The molecule has 4 rings (SSSR count). The van der Waals surface area contributed by atoms with Gasteiger partial charge >= 0.3 is 5.97 Å². The van der Waals surface area contributed by atoms with Crippen LogP contribution in [-0.2, 0) is 19.0 Å². The zero-order valence-corrected chi connectivity index (χ0v) is 14.0. The first kappa shape index (κ1) is 15.4. The number of carbonyl (C=O) groups excluding carboxylic acids is 1. The first-order chi connectivity index (χ1) is 11.3. The van der Waals surface area contributed by atoms with Gasteiger partial charge in [-0.25, -0.2) is 0 Å². The molecule has 4 nitrogen and oxygen atoms in total. The molecule has 2 heterocycles. The van der Waals surface area contributed by atoms with Crippen LogP contribution in [0.15, 0.2) is 22.3 Å². The van der Waals surface area contributed by atoms with E-state index in [4.69, 9.17) is 14.2 Å². The Morgan fingerprint density at radius 1 is 1.13 bits per heavy atom. The second kappa shape index (κ2) is 6.06. The third kappa shape index (κ3) is 2.38. The van der Waals surface area contributed by atoms with Gasteiger partial charge in [-0.1, -0.05) is 24.8 Å². The highest BCUT2D eigenvalue weighted by molar-refractivity contribution is 5.84. The maximum atomic E-state index is 12.8. The molecule has 126 valence electrons. The fourth-order valence-corrected chi connectivity index (χ4v) is 4.87. The summed E-state index contributed by atoms with van der Waals surface area (Å²) in [6.07, 6.45) is 7.24. The summed E-state index contributed by atoms with van der Waals surface area (Å²) in [7, 11) is 0. The van der Waals surface area contributed by atoms with Crippen LogP contribution in [-0.4, -0.2) is 39.0 Å². The lowest BCUT2D eigenvalue weighted by atomic mass is 9.65. The van der Waals surface area contributed by atoms with Crippen LogP contribution in [0.3, 0.4) is 0 Å². The number of rotatable bonds is 3. The average molecular weight is 318 g/mol. The highest BCUT2D eigenvalue weighted by atomic mass is 16.5. The molecule has 1 unspecified atom stereocenters. The van der Waals surface area contributed by atoms with E-state index in [1.54, 1.807) is 0 Å². The quantitative estimate of drug-likeness (QED) is 0.750. The van der Waals surface area contributed by atoms with Crippen molar-refractivity contribution in [3.63, 3.8) is 0 Å². The van der Waals surface area contributed by atoms with Crippen molar-refractivity contribution in [2.24, 2.45) is 11.3 Å². The van der Waals surface area contributed by atoms with Gasteiger partial charge in [0.25, 0.3) is 0 Å². The van der Waals surface area contributed by atoms with Crippen LogP contribution in [0, 0.1) is 11.3 Å². The molecule has 0 aromatic heterocycles. The molecule has 0 bridgehead atoms. The van der Waals surface area contributed by atoms with Crippen LogP contribution in [0.25, 0.3) is 0 Å². The maximum absolute atomic E-state index is 12.8. The molecule has 2 saturated heterocycles. The lowest BCUT2D eigenvalue weighted by molar-refractivity contribution is -0.153. The van der Waals surface area contributed by atoms with Crippen LogP contribution in [0.2, 0.25) is 0 Å². The number of ether oxygens (including phenoxy) is 3. The van der Waals surface area contributed by atoms with E-state index in [0.717, 1.165) is 12.0 Å². The first-order valence-corrected chi connectivity index (χ1v) is 9.04. The molecule has 23 heavy (non-hydrogen) atoms. The van der Waals surface area contributed by atoms with Gasteiger partial charge in [-0.2, -0.15) is 0 Å². The summed E-state index contributed by atoms with van der Waals surface area (Å²) in [6.45, 7) is 4.67. The molecule has 0 aromatic rings. The molecule has 1 atom stereocenters. The molecular formula is C19H26O4. The van der Waals surface area contributed by atoms with Crippen LogP contribution < -0.4 is 0 Å². The lowest BCUT2D eigenvalue weighted by Crippen LogP contribution is -2.39. The number of allylic oxidation sites excluding steroid dienone is 1. The Bertz CT molecular complexity index is 568. The van der Waals surface area contributed by atoms with Gasteiger partial charge in [-0.05, 0) is 48.8 Å². The summed E-state index contributed by atoms with van der Waals surface area (Å²) in [5.41, 5.74) is 4.68. The molecule has 0 aromatic carbocycles. The Labute approximate surface area is 137 Å². The first-order valence-electron chi connectivity index (χ1n) is 9.04. The Morgan fingerprint density at radius 3 is 2.70 bits per heavy atom. The summed E-state index contributed by atoms with van der Waals surface area (Å²) in [5, 5.41) is 0. The van der Waals surface area contributed by atoms with E-state index < -0.39 is 5.41 Å². The number of hydrogen-bond acceptors (Lipinski definition) is 4. The van der Waals surface area contributed by atoms with Crippen molar-refractivity contribution in [1.82, 2.24) is 0 Å². The molecule has 0 spiro atoms. The monoisotopic (exact) mass is 318 g/mol. The molecule has 0 N–H and O–H groups in total. The van der Waals surface area contributed by atoms with Crippen LogP contribution in [0.4, 0.5) is 0 Å². The highest BCUT2D eigenvalue weighted by Gasteiger charge is 2.53. The van der Waals surface area contributed by atoms with Gasteiger partial charge in [0.15, 0.2) is 0 Å². The summed E-state index contributed by atoms with van der Waals surface area (Å²) >= 11 is 0. The van der Waals surface area contributed by atoms with Crippen molar-refractivity contribution >= 4 is 5.97 Å². The molecule has 4 aliphatic rings. The van der Waals surface area contributed by atoms with Gasteiger partial charge in [-0.3, -0.25) is 4.79 Å². The van der Waals surface area contributed by atoms with E-state index in [9.17, 15) is 4.79 Å². The van der Waals surface area contributed by atoms with E-state index >= 15 is 0 Å². The van der Waals surface area contributed by atoms with Crippen molar-refractivity contribution in [3.05, 3.63) is 22.3 Å². The minimum absolute atomic E-state index is 0.0979. The molecule has 2 aliphatic heterocycles. The van der Waals surface area contributed by atoms with E-state index in [0.29, 0.717) is 39.0 Å². The Morgan fingerprint density at radius 2 is 1.91 bits per heavy atom. The van der Waals surface area contributed by atoms with Crippen LogP contribution >= 0.6 is 0 Å². The Hall–Kier alpha value is -1.13. The minimum Gasteiger partial charge on any atom is -0.465 e. The summed E-state index contributed by atoms with van der Waals surface area (Å²) < 4.78 is 17.0. The number of carbonyl (C=O) groups is 1. The van der Waals surface area contributed by atoms with Gasteiger partial charge in [0.2, 0.25) is 0 Å². The van der Waals surface area contributed by atoms with Crippen molar-refractivity contribution in [2.45, 2.75) is 45.4 Å². The zero-order valence-electron chi connectivity index (χ0n) is 14.0. The van der Waals surface area contributed by atoms with Crippen LogP contribution in [0.5, 0.6) is 0 Å². The SMILES string of the molecule is CCOC(=O)C12COCC1=C1COCC1=C(C1CCCCC1)C2. The van der Waals surface area contributed by atoms with Crippen LogP contribution in [0.1, 0.15) is 45.4 Å². The summed E-state index contributed by atoms with van der Waals surface area (Å²) in [4.78, 5) is 12.8. The number of fused-ring (bicyclic) bond motifs is 2. The maximum Gasteiger partial charge on any atom is 0.319 e. The van der Waals surface area contributed by atoms with Crippen molar-refractivity contribution in [1.29, 1.82) is 0 Å². The normalized spacial score (nSPS) is 31.3. The second-order valence-corrected chi connectivity index (χ2v) is 7.26. The molecule has 4 heteroatoms. The number of esters is 1. The minimum atomic E-state index is -0.574. The van der Waals surface area contributed by atoms with Gasteiger partial charge < -0.3 is 14.2 Å². The second-order valence-electron chi connectivity index (χ2n) is 7.26. The predicted octanol–water partition coefficient (Wildman–Crippen LogP) is 3.17. The van der Waals surface area contributed by atoms with Crippen molar-refractivity contribution < 1.29 is 19.0 Å².